The molecule has 1 heterocycles. The lowest BCUT2D eigenvalue weighted by atomic mass is 9.67. The highest BCUT2D eigenvalue weighted by atomic mass is 14.7. The van der Waals surface area contributed by atoms with Gasteiger partial charge in [0.2, 0.25) is 0 Å². The van der Waals surface area contributed by atoms with E-state index in [-0.39, 0.29) is 5.41 Å². The highest BCUT2D eigenvalue weighted by Gasteiger charge is 2.35. The van der Waals surface area contributed by atoms with Crippen LogP contribution in [0.2, 0.25) is 0 Å². The van der Waals surface area contributed by atoms with E-state index in [4.69, 9.17) is 4.98 Å². The van der Waals surface area contributed by atoms with E-state index in [2.05, 4.69) is 62.9 Å². The van der Waals surface area contributed by atoms with Gasteiger partial charge in [-0.05, 0) is 93.2 Å². The maximum atomic E-state index is 9.88. The van der Waals surface area contributed by atoms with E-state index in [0.717, 1.165) is 56.6 Å². The van der Waals surface area contributed by atoms with E-state index in [1.54, 1.807) is 0 Å². The molecular weight excluding hydrogens is 388 g/mol. The Labute approximate surface area is 195 Å². The van der Waals surface area contributed by atoms with Crippen LogP contribution in [0, 0.1) is 22.7 Å². The first-order chi connectivity index (χ1) is 15.6. The molecular formula is C30H40N2. The lowest BCUT2D eigenvalue weighted by Crippen LogP contribution is -2.26. The van der Waals surface area contributed by atoms with Crippen molar-refractivity contribution in [2.45, 2.75) is 90.4 Å². The number of pyridine rings is 1. The molecule has 1 unspecified atom stereocenters. The Kier molecular flexibility index (Phi) is 9.10. The van der Waals surface area contributed by atoms with Gasteiger partial charge >= 0.3 is 0 Å². The number of unbranched alkanes of at least 4 members (excludes halogenated alkanes) is 2. The highest BCUT2D eigenvalue weighted by molar-refractivity contribution is 5.59. The van der Waals surface area contributed by atoms with Gasteiger partial charge in [-0.1, -0.05) is 56.7 Å². The maximum Gasteiger partial charge on any atom is 0.0702 e. The normalized spacial score (nSPS) is 21.6. The fourth-order valence-electron chi connectivity index (χ4n) is 4.94. The van der Waals surface area contributed by atoms with E-state index >= 15 is 0 Å². The van der Waals surface area contributed by atoms with E-state index in [1.165, 1.54) is 42.4 Å². The van der Waals surface area contributed by atoms with Gasteiger partial charge in [0.1, 0.15) is 0 Å². The average molecular weight is 429 g/mol. The molecule has 32 heavy (non-hydrogen) atoms. The van der Waals surface area contributed by atoms with E-state index in [9.17, 15) is 5.26 Å². The zero-order valence-corrected chi connectivity index (χ0v) is 20.2. The van der Waals surface area contributed by atoms with Gasteiger partial charge in [-0.15, -0.1) is 6.58 Å². The molecule has 0 amide bonds. The first-order valence-corrected chi connectivity index (χ1v) is 12.7. The molecule has 1 aromatic heterocycles. The molecule has 0 bridgehead atoms. The molecule has 3 rings (SSSR count). The average Bonchev–Trinajstić information content (AvgIpc) is 2.86. The predicted molar refractivity (Wildman–Crippen MR) is 135 cm³/mol. The predicted octanol–water partition coefficient (Wildman–Crippen LogP) is 8.64. The molecule has 2 heteroatoms. The summed E-state index contributed by atoms with van der Waals surface area (Å²) in [5.41, 5.74) is 4.87. The fourth-order valence-corrected chi connectivity index (χ4v) is 4.94. The number of aromatic nitrogens is 1. The number of hydrogen-bond donors (Lipinski definition) is 0. The lowest BCUT2D eigenvalue weighted by Gasteiger charge is -2.36. The Morgan fingerprint density at radius 2 is 1.91 bits per heavy atom. The minimum Gasteiger partial charge on any atom is -0.256 e. The monoisotopic (exact) mass is 428 g/mol. The topological polar surface area (TPSA) is 36.7 Å². The summed E-state index contributed by atoms with van der Waals surface area (Å²) in [5.74, 6) is 1.31. The molecule has 0 spiro atoms. The van der Waals surface area contributed by atoms with Gasteiger partial charge in [0.25, 0.3) is 0 Å². The number of benzene rings is 1. The van der Waals surface area contributed by atoms with Gasteiger partial charge in [0, 0.05) is 11.8 Å². The van der Waals surface area contributed by atoms with Gasteiger partial charge < -0.3 is 0 Å². The van der Waals surface area contributed by atoms with Crippen LogP contribution in [-0.2, 0) is 6.42 Å². The van der Waals surface area contributed by atoms with Crippen LogP contribution in [0.5, 0.6) is 0 Å². The van der Waals surface area contributed by atoms with Crippen LogP contribution in [0.25, 0.3) is 11.3 Å². The van der Waals surface area contributed by atoms with Crippen molar-refractivity contribution in [1.82, 2.24) is 4.98 Å². The summed E-state index contributed by atoms with van der Waals surface area (Å²) >= 11 is 0. The van der Waals surface area contributed by atoms with Crippen molar-refractivity contribution >= 4 is 0 Å². The molecule has 170 valence electrons. The molecule has 1 aliphatic rings. The van der Waals surface area contributed by atoms with Gasteiger partial charge in [0.05, 0.1) is 17.2 Å². The van der Waals surface area contributed by atoms with Gasteiger partial charge in [-0.2, -0.15) is 5.26 Å². The minimum atomic E-state index is -0.0861. The third-order valence-electron chi connectivity index (χ3n) is 7.62. The Morgan fingerprint density at radius 1 is 1.16 bits per heavy atom. The first kappa shape index (κ1) is 24.2. The Hall–Kier alpha value is -2.40. The van der Waals surface area contributed by atoms with Crippen molar-refractivity contribution in [3.63, 3.8) is 0 Å². The second-order valence-corrected chi connectivity index (χ2v) is 9.93. The first-order valence-electron chi connectivity index (χ1n) is 12.7. The second-order valence-electron chi connectivity index (χ2n) is 9.93. The van der Waals surface area contributed by atoms with Crippen molar-refractivity contribution in [2.24, 2.45) is 11.3 Å². The van der Waals surface area contributed by atoms with Crippen LogP contribution in [0.1, 0.15) is 95.1 Å². The van der Waals surface area contributed by atoms with Crippen molar-refractivity contribution < 1.29 is 0 Å². The summed E-state index contributed by atoms with van der Waals surface area (Å²) in [6.07, 6.45) is 16.4. The summed E-state index contributed by atoms with van der Waals surface area (Å²) in [4.78, 5) is 4.71. The van der Waals surface area contributed by atoms with Gasteiger partial charge in [-0.3, -0.25) is 4.98 Å². The molecule has 0 aliphatic heterocycles. The molecule has 0 saturated heterocycles. The van der Waals surface area contributed by atoms with Crippen LogP contribution in [0.15, 0.2) is 55.3 Å². The van der Waals surface area contributed by atoms with Crippen molar-refractivity contribution in [3.8, 4) is 17.3 Å². The van der Waals surface area contributed by atoms with E-state index in [0.29, 0.717) is 5.92 Å². The number of nitriles is 1. The number of hydrogen-bond acceptors (Lipinski definition) is 2. The zero-order chi connectivity index (χ0) is 22.8. The summed E-state index contributed by atoms with van der Waals surface area (Å²) in [6, 6.07) is 16.1. The van der Waals surface area contributed by atoms with Gasteiger partial charge in [-0.25, -0.2) is 0 Å². The molecule has 1 saturated carbocycles. The second kappa shape index (κ2) is 12.0. The summed E-state index contributed by atoms with van der Waals surface area (Å²) in [7, 11) is 0. The SMILES string of the molecule is C=CCCCCc1ccc(-c2ccc(C3CCC(C#N)(CCC(C)CC)CC3)cc2)nc1. The van der Waals surface area contributed by atoms with E-state index < -0.39 is 0 Å². The molecule has 1 atom stereocenters. The molecule has 0 radical (unpaired) electrons. The third kappa shape index (κ3) is 6.55. The smallest absolute Gasteiger partial charge is 0.0702 e. The summed E-state index contributed by atoms with van der Waals surface area (Å²) in [5, 5.41) is 9.88. The number of aryl methyl sites for hydroxylation is 1. The molecule has 1 aliphatic carbocycles. The molecule has 1 fully saturated rings. The number of nitrogens with zero attached hydrogens (tertiary/aromatic N) is 2. The Bertz CT molecular complexity index is 865. The van der Waals surface area contributed by atoms with Crippen LogP contribution >= 0.6 is 0 Å². The quantitative estimate of drug-likeness (QED) is 0.265. The fraction of sp³-hybridized carbons (Fsp3) is 0.533. The van der Waals surface area contributed by atoms with Crippen molar-refractivity contribution in [1.29, 1.82) is 5.26 Å². The number of rotatable bonds is 11. The van der Waals surface area contributed by atoms with Crippen LogP contribution in [0.4, 0.5) is 0 Å². The lowest BCUT2D eigenvalue weighted by molar-refractivity contribution is 0.213. The summed E-state index contributed by atoms with van der Waals surface area (Å²) < 4.78 is 0. The molecule has 2 aromatic rings. The third-order valence-corrected chi connectivity index (χ3v) is 7.62. The molecule has 1 aromatic carbocycles. The van der Waals surface area contributed by atoms with Crippen LogP contribution < -0.4 is 0 Å². The maximum absolute atomic E-state index is 9.88. The zero-order valence-electron chi connectivity index (χ0n) is 20.2. The van der Waals surface area contributed by atoms with Crippen LogP contribution in [-0.4, -0.2) is 4.98 Å². The Morgan fingerprint density at radius 3 is 2.50 bits per heavy atom. The summed E-state index contributed by atoms with van der Waals surface area (Å²) in [6.45, 7) is 8.35. The minimum absolute atomic E-state index is 0.0861. The van der Waals surface area contributed by atoms with Crippen molar-refractivity contribution in [3.05, 3.63) is 66.4 Å². The highest BCUT2D eigenvalue weighted by Crippen LogP contribution is 2.46. The Balaban J connectivity index is 1.55. The molecule has 2 nitrogen and oxygen atoms in total. The van der Waals surface area contributed by atoms with Crippen LogP contribution in [0.3, 0.4) is 0 Å². The number of allylic oxidation sites excluding steroid dienone is 1. The molecule has 0 N–H and O–H groups in total. The van der Waals surface area contributed by atoms with E-state index in [1.807, 2.05) is 12.3 Å². The van der Waals surface area contributed by atoms with Gasteiger partial charge in [0.15, 0.2) is 0 Å². The largest absolute Gasteiger partial charge is 0.256 e. The standard InChI is InChI=1S/C30H40N2/c1-4-6-7-8-9-25-10-15-29(32-22-25)28-13-11-26(12-14-28)27-17-20-30(23-31,21-18-27)19-16-24(3)5-2/h4,10-15,22,24,27H,1,5-9,16-21H2,2-3H3. The van der Waals surface area contributed by atoms with Crippen molar-refractivity contribution in [2.75, 3.05) is 0 Å².